The van der Waals surface area contributed by atoms with E-state index in [4.69, 9.17) is 4.74 Å². The van der Waals surface area contributed by atoms with Crippen molar-refractivity contribution in [2.75, 3.05) is 20.3 Å². The highest BCUT2D eigenvalue weighted by atomic mass is 16.5. The molecule has 1 unspecified atom stereocenters. The SMILES string of the molecule is COCCNC(=O)C(C)NC(=O)c1ccn(C)c(=O)c1. The zero-order chi connectivity index (χ0) is 15.1. The highest BCUT2D eigenvalue weighted by molar-refractivity contribution is 5.97. The van der Waals surface area contributed by atoms with E-state index in [0.717, 1.165) is 0 Å². The third-order valence-corrected chi connectivity index (χ3v) is 2.71. The molecule has 0 radical (unpaired) electrons. The summed E-state index contributed by atoms with van der Waals surface area (Å²) in [5.74, 6) is -0.767. The monoisotopic (exact) mass is 281 g/mol. The van der Waals surface area contributed by atoms with Gasteiger partial charge in [0.2, 0.25) is 5.91 Å². The molecule has 0 aliphatic rings. The number of hydrogen-bond acceptors (Lipinski definition) is 4. The predicted molar refractivity (Wildman–Crippen MR) is 73.5 cm³/mol. The summed E-state index contributed by atoms with van der Waals surface area (Å²) in [6, 6.07) is 2.06. The molecule has 0 saturated carbocycles. The summed E-state index contributed by atoms with van der Waals surface area (Å²) < 4.78 is 6.17. The first-order chi connectivity index (χ1) is 9.45. The van der Waals surface area contributed by atoms with Crippen LogP contribution in [0.3, 0.4) is 0 Å². The lowest BCUT2D eigenvalue weighted by molar-refractivity contribution is -0.122. The molecule has 7 nitrogen and oxygen atoms in total. The molecule has 7 heteroatoms. The number of nitrogens with one attached hydrogen (secondary N) is 2. The van der Waals surface area contributed by atoms with Crippen LogP contribution in [0.1, 0.15) is 17.3 Å². The van der Waals surface area contributed by atoms with Gasteiger partial charge in [-0.2, -0.15) is 0 Å². The molecule has 110 valence electrons. The molecule has 0 saturated heterocycles. The van der Waals surface area contributed by atoms with Crippen LogP contribution in [0.2, 0.25) is 0 Å². The lowest BCUT2D eigenvalue weighted by Gasteiger charge is -2.14. The maximum Gasteiger partial charge on any atom is 0.252 e. The standard InChI is InChI=1S/C13H19N3O4/c1-9(12(18)14-5-7-20-3)15-13(19)10-4-6-16(2)11(17)8-10/h4,6,8-9H,5,7H2,1-3H3,(H,14,18)(H,15,19). The highest BCUT2D eigenvalue weighted by Crippen LogP contribution is 1.95. The van der Waals surface area contributed by atoms with Gasteiger partial charge in [-0.1, -0.05) is 0 Å². The fourth-order valence-electron chi connectivity index (χ4n) is 1.46. The van der Waals surface area contributed by atoms with Crippen LogP contribution in [0, 0.1) is 0 Å². The first-order valence-corrected chi connectivity index (χ1v) is 6.20. The Morgan fingerprint density at radius 2 is 2.15 bits per heavy atom. The van der Waals surface area contributed by atoms with Gasteiger partial charge < -0.3 is 19.9 Å². The molecule has 0 spiro atoms. The number of aromatic nitrogens is 1. The summed E-state index contributed by atoms with van der Waals surface area (Å²) in [5, 5.41) is 5.15. The maximum atomic E-state index is 11.9. The molecule has 2 amide bonds. The minimum absolute atomic E-state index is 0.227. The number of ether oxygens (including phenoxy) is 1. The molecule has 0 bridgehead atoms. The van der Waals surface area contributed by atoms with Gasteiger partial charge in [0.25, 0.3) is 11.5 Å². The maximum absolute atomic E-state index is 11.9. The second-order valence-corrected chi connectivity index (χ2v) is 4.34. The molecule has 0 aliphatic carbocycles. The average molecular weight is 281 g/mol. The highest BCUT2D eigenvalue weighted by Gasteiger charge is 2.16. The van der Waals surface area contributed by atoms with E-state index in [2.05, 4.69) is 10.6 Å². The lowest BCUT2D eigenvalue weighted by Crippen LogP contribution is -2.45. The molecule has 0 aromatic carbocycles. The average Bonchev–Trinajstić information content (AvgIpc) is 2.41. The van der Waals surface area contributed by atoms with Crippen molar-refractivity contribution >= 4 is 11.8 Å². The number of nitrogens with zero attached hydrogens (tertiary/aromatic N) is 1. The van der Waals surface area contributed by atoms with Crippen molar-refractivity contribution in [3.63, 3.8) is 0 Å². The molecular weight excluding hydrogens is 262 g/mol. The van der Waals surface area contributed by atoms with E-state index in [1.165, 1.54) is 30.0 Å². The Hall–Kier alpha value is -2.15. The topological polar surface area (TPSA) is 89.4 Å². The van der Waals surface area contributed by atoms with E-state index < -0.39 is 11.9 Å². The summed E-state index contributed by atoms with van der Waals surface area (Å²) in [6.45, 7) is 2.35. The Bertz CT molecular complexity index is 539. The van der Waals surface area contributed by atoms with E-state index in [1.54, 1.807) is 14.0 Å². The Kier molecular flexibility index (Phi) is 5.92. The predicted octanol–water partition coefficient (Wildman–Crippen LogP) is -0.734. The van der Waals surface area contributed by atoms with E-state index in [-0.39, 0.29) is 17.0 Å². The number of carbonyl (C=O) groups excluding carboxylic acids is 2. The van der Waals surface area contributed by atoms with Gasteiger partial charge in [0.15, 0.2) is 0 Å². The van der Waals surface area contributed by atoms with Crippen LogP contribution in [0.5, 0.6) is 0 Å². The number of pyridine rings is 1. The summed E-state index contributed by atoms with van der Waals surface area (Å²) in [6.07, 6.45) is 1.50. The van der Waals surface area contributed by atoms with Crippen LogP contribution in [0.15, 0.2) is 23.1 Å². The number of hydrogen-bond donors (Lipinski definition) is 2. The van der Waals surface area contributed by atoms with Gasteiger partial charge in [-0.15, -0.1) is 0 Å². The molecule has 0 aliphatic heterocycles. The number of amides is 2. The second kappa shape index (κ2) is 7.44. The van der Waals surface area contributed by atoms with Crippen LogP contribution >= 0.6 is 0 Å². The molecular formula is C13H19N3O4. The van der Waals surface area contributed by atoms with Gasteiger partial charge in [-0.25, -0.2) is 0 Å². The van der Waals surface area contributed by atoms with Crippen LogP contribution in [-0.4, -0.2) is 42.7 Å². The van der Waals surface area contributed by atoms with Crippen molar-refractivity contribution in [2.24, 2.45) is 7.05 Å². The van der Waals surface area contributed by atoms with Gasteiger partial charge in [0, 0.05) is 38.5 Å². The van der Waals surface area contributed by atoms with Crippen molar-refractivity contribution in [2.45, 2.75) is 13.0 Å². The molecule has 1 aromatic rings. The van der Waals surface area contributed by atoms with Crippen LogP contribution < -0.4 is 16.2 Å². The van der Waals surface area contributed by atoms with Gasteiger partial charge >= 0.3 is 0 Å². The zero-order valence-electron chi connectivity index (χ0n) is 11.8. The minimum Gasteiger partial charge on any atom is -0.383 e. The molecule has 1 aromatic heterocycles. The number of methoxy groups -OCH3 is 1. The lowest BCUT2D eigenvalue weighted by atomic mass is 10.2. The zero-order valence-corrected chi connectivity index (χ0v) is 11.8. The van der Waals surface area contributed by atoms with Crippen LogP contribution in [0.4, 0.5) is 0 Å². The molecule has 1 heterocycles. The Balaban J connectivity index is 2.58. The van der Waals surface area contributed by atoms with Crippen molar-refractivity contribution < 1.29 is 14.3 Å². The summed E-state index contributed by atoms with van der Waals surface area (Å²) in [7, 11) is 3.13. The van der Waals surface area contributed by atoms with Crippen molar-refractivity contribution in [3.8, 4) is 0 Å². The Morgan fingerprint density at radius 1 is 1.45 bits per heavy atom. The van der Waals surface area contributed by atoms with Gasteiger partial charge in [0.1, 0.15) is 6.04 Å². The smallest absolute Gasteiger partial charge is 0.252 e. The number of carbonyl (C=O) groups is 2. The second-order valence-electron chi connectivity index (χ2n) is 4.34. The number of aryl methyl sites for hydroxylation is 1. The first kappa shape index (κ1) is 15.9. The van der Waals surface area contributed by atoms with E-state index in [9.17, 15) is 14.4 Å². The fraction of sp³-hybridized carbons (Fsp3) is 0.462. The molecule has 1 atom stereocenters. The summed E-state index contributed by atoms with van der Waals surface area (Å²) >= 11 is 0. The van der Waals surface area contributed by atoms with Gasteiger partial charge in [0.05, 0.1) is 6.61 Å². The van der Waals surface area contributed by atoms with Crippen molar-refractivity contribution in [3.05, 3.63) is 34.2 Å². The normalized spacial score (nSPS) is 11.8. The van der Waals surface area contributed by atoms with Crippen molar-refractivity contribution in [1.82, 2.24) is 15.2 Å². The van der Waals surface area contributed by atoms with E-state index in [0.29, 0.717) is 13.2 Å². The number of rotatable bonds is 6. The third-order valence-electron chi connectivity index (χ3n) is 2.71. The third kappa shape index (κ3) is 4.51. The fourth-order valence-corrected chi connectivity index (χ4v) is 1.46. The molecule has 0 fully saturated rings. The van der Waals surface area contributed by atoms with Crippen LogP contribution in [0.25, 0.3) is 0 Å². The minimum atomic E-state index is -0.691. The summed E-state index contributed by atoms with van der Waals surface area (Å²) in [5.41, 5.74) is -0.0560. The van der Waals surface area contributed by atoms with E-state index in [1.807, 2.05) is 0 Å². The van der Waals surface area contributed by atoms with Crippen molar-refractivity contribution in [1.29, 1.82) is 0 Å². The Morgan fingerprint density at radius 3 is 2.75 bits per heavy atom. The molecule has 1 rings (SSSR count). The van der Waals surface area contributed by atoms with Crippen LogP contribution in [-0.2, 0) is 16.6 Å². The van der Waals surface area contributed by atoms with Gasteiger partial charge in [-0.3, -0.25) is 14.4 Å². The molecule has 2 N–H and O–H groups in total. The van der Waals surface area contributed by atoms with E-state index >= 15 is 0 Å². The summed E-state index contributed by atoms with van der Waals surface area (Å²) in [4.78, 5) is 35.0. The largest absolute Gasteiger partial charge is 0.383 e. The Labute approximate surface area is 116 Å². The molecule has 20 heavy (non-hydrogen) atoms. The first-order valence-electron chi connectivity index (χ1n) is 6.20. The quantitative estimate of drug-likeness (QED) is 0.673. The van der Waals surface area contributed by atoms with Gasteiger partial charge in [-0.05, 0) is 13.0 Å².